The van der Waals surface area contributed by atoms with E-state index in [0.717, 1.165) is 4.47 Å². The van der Waals surface area contributed by atoms with Gasteiger partial charge in [0.1, 0.15) is 6.33 Å². The summed E-state index contributed by atoms with van der Waals surface area (Å²) in [6.07, 6.45) is 2.68. The summed E-state index contributed by atoms with van der Waals surface area (Å²) in [5, 5.41) is 4.14. The Kier molecular flexibility index (Phi) is 9.13. The fraction of sp³-hybridized carbons (Fsp3) is 0.348. The number of thioether (sulfide) groups is 1. The molecular formula is C23H25BrFN3O4S. The van der Waals surface area contributed by atoms with E-state index in [4.69, 9.17) is 9.47 Å². The summed E-state index contributed by atoms with van der Waals surface area (Å²) in [6, 6.07) is 12.0. The molecule has 0 saturated heterocycles. The van der Waals surface area contributed by atoms with Gasteiger partial charge >= 0.3 is 11.7 Å². The molecule has 1 atom stereocenters. The Hall–Kier alpha value is -2.59. The van der Waals surface area contributed by atoms with E-state index in [1.165, 1.54) is 33.4 Å². The standard InChI is InChI=1S/C23H25BrFN3O4S/c1-3-31-22(29)16(2)5-4-12-32-21-11-10-19(13-20(21)25)33-15-28-23(30)27(14-26-28)18-8-6-17(24)7-9-18/h6-11,13-14,16H,3-5,12,15H2,1-2H3. The monoisotopic (exact) mass is 537 g/mol. The van der Waals surface area contributed by atoms with Crippen molar-refractivity contribution in [3.8, 4) is 11.4 Å². The van der Waals surface area contributed by atoms with Crippen LogP contribution in [0.25, 0.3) is 5.69 Å². The SMILES string of the molecule is CCOC(=O)C(C)CCCOc1ccc(SCn2ncn(-c3ccc(Br)cc3)c2=O)cc1F. The van der Waals surface area contributed by atoms with Gasteiger partial charge in [-0.15, -0.1) is 11.8 Å². The second-order valence-corrected chi connectivity index (χ2v) is 9.20. The molecule has 0 saturated carbocycles. The topological polar surface area (TPSA) is 75.3 Å². The van der Waals surface area contributed by atoms with Gasteiger partial charge < -0.3 is 9.47 Å². The molecule has 3 aromatic rings. The first kappa shape index (κ1) is 25.0. The molecule has 7 nitrogen and oxygen atoms in total. The van der Waals surface area contributed by atoms with Crippen LogP contribution < -0.4 is 10.4 Å². The minimum atomic E-state index is -0.480. The first-order chi connectivity index (χ1) is 15.9. The van der Waals surface area contributed by atoms with Crippen LogP contribution in [-0.4, -0.2) is 33.5 Å². The molecule has 0 aliphatic carbocycles. The third-order valence-corrected chi connectivity index (χ3v) is 6.31. The Morgan fingerprint density at radius 2 is 2.00 bits per heavy atom. The zero-order chi connectivity index (χ0) is 23.8. The van der Waals surface area contributed by atoms with Gasteiger partial charge in [0.2, 0.25) is 0 Å². The third-order valence-electron chi connectivity index (χ3n) is 4.82. The second-order valence-electron chi connectivity index (χ2n) is 7.27. The van der Waals surface area contributed by atoms with Crippen LogP contribution in [0.3, 0.4) is 0 Å². The van der Waals surface area contributed by atoms with Crippen molar-refractivity contribution in [1.29, 1.82) is 0 Å². The van der Waals surface area contributed by atoms with Crippen LogP contribution in [0, 0.1) is 11.7 Å². The molecule has 1 heterocycles. The Morgan fingerprint density at radius 1 is 1.24 bits per heavy atom. The van der Waals surface area contributed by atoms with Gasteiger partial charge in [-0.25, -0.2) is 18.4 Å². The van der Waals surface area contributed by atoms with Crippen molar-refractivity contribution >= 4 is 33.7 Å². The predicted molar refractivity (Wildman–Crippen MR) is 128 cm³/mol. The van der Waals surface area contributed by atoms with Gasteiger partial charge in [0.05, 0.1) is 30.7 Å². The molecule has 0 spiro atoms. The predicted octanol–water partition coefficient (Wildman–Crippen LogP) is 5.04. The van der Waals surface area contributed by atoms with E-state index in [0.29, 0.717) is 36.6 Å². The van der Waals surface area contributed by atoms with Gasteiger partial charge in [-0.1, -0.05) is 22.9 Å². The van der Waals surface area contributed by atoms with E-state index in [9.17, 15) is 14.0 Å². The number of esters is 1. The Labute approximate surface area is 204 Å². The minimum Gasteiger partial charge on any atom is -0.491 e. The summed E-state index contributed by atoms with van der Waals surface area (Å²) < 4.78 is 28.6. The molecule has 33 heavy (non-hydrogen) atoms. The molecule has 0 fully saturated rings. The minimum absolute atomic E-state index is 0.153. The molecule has 1 aromatic heterocycles. The average Bonchev–Trinajstić information content (AvgIpc) is 3.17. The number of hydrogen-bond acceptors (Lipinski definition) is 6. The number of benzene rings is 2. The summed E-state index contributed by atoms with van der Waals surface area (Å²) in [5.41, 5.74) is 0.436. The fourth-order valence-corrected chi connectivity index (χ4v) is 4.07. The molecule has 0 N–H and O–H groups in total. The van der Waals surface area contributed by atoms with E-state index in [-0.39, 0.29) is 29.2 Å². The number of ether oxygens (including phenoxy) is 2. The molecule has 176 valence electrons. The molecular weight excluding hydrogens is 513 g/mol. The van der Waals surface area contributed by atoms with Crippen LogP contribution in [-0.2, 0) is 15.4 Å². The number of hydrogen-bond donors (Lipinski definition) is 0. The van der Waals surface area contributed by atoms with E-state index in [1.54, 1.807) is 26.0 Å². The van der Waals surface area contributed by atoms with Crippen molar-refractivity contribution in [2.75, 3.05) is 13.2 Å². The molecule has 0 radical (unpaired) electrons. The highest BCUT2D eigenvalue weighted by Gasteiger charge is 2.14. The Morgan fingerprint density at radius 3 is 2.70 bits per heavy atom. The van der Waals surface area contributed by atoms with Gasteiger partial charge in [-0.3, -0.25) is 4.79 Å². The van der Waals surface area contributed by atoms with Crippen molar-refractivity contribution < 1.29 is 18.7 Å². The molecule has 0 aliphatic heterocycles. The summed E-state index contributed by atoms with van der Waals surface area (Å²) in [6.45, 7) is 4.23. The lowest BCUT2D eigenvalue weighted by Crippen LogP contribution is -2.23. The van der Waals surface area contributed by atoms with Gasteiger partial charge in [0.15, 0.2) is 11.6 Å². The second kappa shape index (κ2) is 12.0. The lowest BCUT2D eigenvalue weighted by molar-refractivity contribution is -0.147. The van der Waals surface area contributed by atoms with Crippen LogP contribution in [0.4, 0.5) is 4.39 Å². The lowest BCUT2D eigenvalue weighted by Gasteiger charge is -2.11. The summed E-state index contributed by atoms with van der Waals surface area (Å²) >= 11 is 4.66. The maximum atomic E-state index is 14.4. The van der Waals surface area contributed by atoms with Gasteiger partial charge in [0, 0.05) is 9.37 Å². The number of halogens is 2. The van der Waals surface area contributed by atoms with E-state index >= 15 is 0 Å². The number of carbonyl (C=O) groups excluding carboxylic acids is 1. The quantitative estimate of drug-likeness (QED) is 0.193. The van der Waals surface area contributed by atoms with E-state index < -0.39 is 5.82 Å². The van der Waals surface area contributed by atoms with E-state index in [1.807, 2.05) is 24.3 Å². The molecule has 2 aromatic carbocycles. The molecule has 10 heteroatoms. The van der Waals surface area contributed by atoms with Gasteiger partial charge in [0.25, 0.3) is 0 Å². The summed E-state index contributed by atoms with van der Waals surface area (Å²) in [5.74, 6) is -0.530. The van der Waals surface area contributed by atoms with Gasteiger partial charge in [-0.05, 0) is 62.2 Å². The van der Waals surface area contributed by atoms with E-state index in [2.05, 4.69) is 21.0 Å². The van der Waals surface area contributed by atoms with Crippen LogP contribution in [0.1, 0.15) is 26.7 Å². The lowest BCUT2D eigenvalue weighted by atomic mass is 10.1. The number of rotatable bonds is 11. The highest BCUT2D eigenvalue weighted by molar-refractivity contribution is 9.10. The average molecular weight is 538 g/mol. The third kappa shape index (κ3) is 6.94. The fourth-order valence-electron chi connectivity index (χ4n) is 3.00. The highest BCUT2D eigenvalue weighted by atomic mass is 79.9. The number of carbonyl (C=O) groups is 1. The Balaban J connectivity index is 1.51. The summed E-state index contributed by atoms with van der Waals surface area (Å²) in [7, 11) is 0. The largest absolute Gasteiger partial charge is 0.491 e. The van der Waals surface area contributed by atoms with Crippen molar-refractivity contribution in [3.05, 3.63) is 69.6 Å². The highest BCUT2D eigenvalue weighted by Crippen LogP contribution is 2.26. The Bertz CT molecular complexity index is 1130. The van der Waals surface area contributed by atoms with Crippen molar-refractivity contribution in [3.63, 3.8) is 0 Å². The van der Waals surface area contributed by atoms with Crippen LogP contribution in [0.15, 0.2) is 63.0 Å². The molecule has 1 unspecified atom stereocenters. The van der Waals surface area contributed by atoms with Crippen molar-refractivity contribution in [2.45, 2.75) is 37.5 Å². The maximum absolute atomic E-state index is 14.4. The van der Waals surface area contributed by atoms with Crippen LogP contribution in [0.2, 0.25) is 0 Å². The first-order valence-electron chi connectivity index (χ1n) is 10.5. The number of aromatic nitrogens is 3. The smallest absolute Gasteiger partial charge is 0.351 e. The maximum Gasteiger partial charge on any atom is 0.351 e. The number of nitrogens with zero attached hydrogens (tertiary/aromatic N) is 3. The van der Waals surface area contributed by atoms with Crippen molar-refractivity contribution in [2.24, 2.45) is 5.92 Å². The normalized spacial score (nSPS) is 11.9. The molecule has 0 bridgehead atoms. The van der Waals surface area contributed by atoms with Crippen molar-refractivity contribution in [1.82, 2.24) is 14.3 Å². The zero-order valence-corrected chi connectivity index (χ0v) is 20.8. The summed E-state index contributed by atoms with van der Waals surface area (Å²) in [4.78, 5) is 24.9. The molecule has 0 aliphatic rings. The van der Waals surface area contributed by atoms with Crippen LogP contribution in [0.5, 0.6) is 5.75 Å². The van der Waals surface area contributed by atoms with Gasteiger partial charge in [-0.2, -0.15) is 5.10 Å². The molecule has 3 rings (SSSR count). The molecule has 0 amide bonds. The van der Waals surface area contributed by atoms with Crippen LogP contribution >= 0.6 is 27.7 Å². The first-order valence-corrected chi connectivity index (χ1v) is 12.3. The zero-order valence-electron chi connectivity index (χ0n) is 18.4.